The Hall–Kier alpha value is -3.93. The molecule has 264 valence electrons. The fraction of sp³-hybridized carbons (Fsp3) is 0.447. The largest absolute Gasteiger partial charge is 0.491 e. The number of hydrogen-bond donors (Lipinski definition) is 1. The van der Waals surface area contributed by atoms with Gasteiger partial charge in [-0.3, -0.25) is 14.6 Å². The van der Waals surface area contributed by atoms with E-state index in [1.165, 1.54) is 23.3 Å². The van der Waals surface area contributed by atoms with Crippen LogP contribution in [0.2, 0.25) is 5.02 Å². The van der Waals surface area contributed by atoms with E-state index in [1.807, 2.05) is 53.5 Å². The minimum absolute atomic E-state index is 0.358. The lowest BCUT2D eigenvalue weighted by Crippen LogP contribution is -2.25. The maximum atomic E-state index is 13.3. The van der Waals surface area contributed by atoms with E-state index in [0.717, 1.165) is 109 Å². The first kappa shape index (κ1) is 34.5. The van der Waals surface area contributed by atoms with Crippen molar-refractivity contribution in [2.75, 3.05) is 45.7 Å². The molecule has 5 heterocycles. The molecule has 1 N–H and O–H groups in total. The first-order valence-electron chi connectivity index (χ1n) is 17.6. The van der Waals surface area contributed by atoms with Crippen molar-refractivity contribution in [1.29, 1.82) is 0 Å². The smallest absolute Gasteiger partial charge is 0.354 e. The van der Waals surface area contributed by atoms with Crippen LogP contribution in [0, 0.1) is 0 Å². The second-order valence-corrected chi connectivity index (χ2v) is 14.9. The van der Waals surface area contributed by atoms with E-state index < -0.39 is 0 Å². The van der Waals surface area contributed by atoms with Crippen molar-refractivity contribution in [3.63, 3.8) is 0 Å². The number of fused-ring (bicyclic) bond motifs is 7. The number of hydrogen-bond acceptors (Lipinski definition) is 9. The van der Waals surface area contributed by atoms with Crippen LogP contribution in [0.1, 0.15) is 70.7 Å². The number of nitrogens with one attached hydrogen (secondary N) is 1. The van der Waals surface area contributed by atoms with Gasteiger partial charge in [-0.15, -0.1) is 11.8 Å². The Kier molecular flexibility index (Phi) is 10.4. The number of aryl methyl sites for hydroxylation is 4. The van der Waals surface area contributed by atoms with E-state index in [1.54, 1.807) is 0 Å². The van der Waals surface area contributed by atoms with Crippen molar-refractivity contribution >= 4 is 58.2 Å². The van der Waals surface area contributed by atoms with Gasteiger partial charge in [0.25, 0.3) is 0 Å². The topological polar surface area (TPSA) is 89.2 Å². The molecule has 12 heteroatoms. The number of benzene rings is 2. The number of anilines is 1. The molecule has 4 aromatic rings. The van der Waals surface area contributed by atoms with Gasteiger partial charge in [0.2, 0.25) is 0 Å². The van der Waals surface area contributed by atoms with Crippen molar-refractivity contribution < 1.29 is 14.3 Å². The van der Waals surface area contributed by atoms with Crippen molar-refractivity contribution in [3.05, 3.63) is 74.8 Å². The van der Waals surface area contributed by atoms with E-state index in [-0.39, 0.29) is 5.97 Å². The molecule has 3 aliphatic heterocycles. The summed E-state index contributed by atoms with van der Waals surface area (Å²) in [5.41, 5.74) is 9.04. The van der Waals surface area contributed by atoms with Gasteiger partial charge in [0.05, 0.1) is 30.6 Å². The van der Waals surface area contributed by atoms with Crippen LogP contribution in [0.4, 0.5) is 5.69 Å². The Morgan fingerprint density at radius 1 is 1.06 bits per heavy atom. The Morgan fingerprint density at radius 2 is 1.94 bits per heavy atom. The van der Waals surface area contributed by atoms with Crippen LogP contribution in [0.3, 0.4) is 0 Å². The molecule has 3 aliphatic rings. The molecule has 0 aliphatic carbocycles. The highest BCUT2D eigenvalue weighted by Gasteiger charge is 2.25. The first-order chi connectivity index (χ1) is 24.3. The molecular weight excluding hydrogens is 670 g/mol. The molecule has 0 unspecified atom stereocenters. The number of aromatic nitrogens is 3. The number of esters is 1. The minimum Gasteiger partial charge on any atom is -0.491 e. The Bertz CT molecular complexity index is 1970. The standard InChI is InChI=1S/C38H46ClN7O3S/c1-43-17-15-41-46-16-6-5-10-27(46)21-32-33(39)13-12-31-30(37(38(47)48-4)44(2)36(31)32)11-8-18-49-34-22-29(19-25-9-7-14-40-35(25)34)50-24-28-20-26(23-43)42-45(28)3/h12-13,15,19-22,40H,5-11,14,16-18,23-24H2,1-4H3/b27-21+,41-15+. The molecule has 7 rings (SSSR count). The summed E-state index contributed by atoms with van der Waals surface area (Å²) in [6.07, 6.45) is 10.7. The number of rotatable bonds is 1. The van der Waals surface area contributed by atoms with E-state index in [0.29, 0.717) is 30.3 Å². The fourth-order valence-corrected chi connectivity index (χ4v) is 8.59. The van der Waals surface area contributed by atoms with Gasteiger partial charge in [0.15, 0.2) is 0 Å². The predicted molar refractivity (Wildman–Crippen MR) is 202 cm³/mol. The zero-order valence-electron chi connectivity index (χ0n) is 29.4. The van der Waals surface area contributed by atoms with Gasteiger partial charge in [0.1, 0.15) is 11.4 Å². The van der Waals surface area contributed by atoms with Crippen LogP contribution in [-0.2, 0) is 44.0 Å². The summed E-state index contributed by atoms with van der Waals surface area (Å²) in [6, 6.07) is 10.7. The van der Waals surface area contributed by atoms with Gasteiger partial charge in [-0.25, -0.2) is 4.79 Å². The number of methoxy groups -OCH3 is 1. The number of nitrogens with zero attached hydrogens (tertiary/aromatic N) is 6. The average molecular weight is 716 g/mol. The van der Waals surface area contributed by atoms with Crippen LogP contribution >= 0.6 is 23.4 Å². The number of ether oxygens (including phenoxy) is 2. The summed E-state index contributed by atoms with van der Waals surface area (Å²) in [5, 5.41) is 17.1. The number of hydrazone groups is 1. The van der Waals surface area contributed by atoms with Crippen molar-refractivity contribution in [3.8, 4) is 5.75 Å². The number of piperidine rings is 1. The zero-order chi connectivity index (χ0) is 34.8. The average Bonchev–Trinajstić information content (AvgIpc) is 3.61. The molecule has 0 amide bonds. The second-order valence-electron chi connectivity index (χ2n) is 13.4. The van der Waals surface area contributed by atoms with Crippen molar-refractivity contribution in [2.24, 2.45) is 19.2 Å². The first-order valence-corrected chi connectivity index (χ1v) is 18.9. The Balaban J connectivity index is 1.28. The Labute approximate surface area is 303 Å². The highest BCUT2D eigenvalue weighted by Crippen LogP contribution is 2.39. The lowest BCUT2D eigenvalue weighted by atomic mass is 10.0. The van der Waals surface area contributed by atoms with Crippen LogP contribution in [0.15, 0.2) is 46.0 Å². The molecule has 10 nitrogen and oxygen atoms in total. The van der Waals surface area contributed by atoms with E-state index in [2.05, 4.69) is 46.5 Å². The molecule has 2 aromatic carbocycles. The van der Waals surface area contributed by atoms with Crippen LogP contribution in [0.25, 0.3) is 17.0 Å². The van der Waals surface area contributed by atoms with Crippen molar-refractivity contribution in [2.45, 2.75) is 62.1 Å². The molecule has 8 bridgehead atoms. The summed E-state index contributed by atoms with van der Waals surface area (Å²) < 4.78 is 15.8. The zero-order valence-corrected chi connectivity index (χ0v) is 31.0. The summed E-state index contributed by atoms with van der Waals surface area (Å²) in [4.78, 5) is 16.7. The molecule has 0 radical (unpaired) electrons. The lowest BCUT2D eigenvalue weighted by Gasteiger charge is -2.27. The van der Waals surface area contributed by atoms with Gasteiger partial charge >= 0.3 is 5.97 Å². The van der Waals surface area contributed by atoms with Gasteiger partial charge in [-0.1, -0.05) is 17.7 Å². The normalized spacial score (nSPS) is 19.4. The highest BCUT2D eigenvalue weighted by molar-refractivity contribution is 7.98. The molecule has 0 saturated carbocycles. The molecule has 1 saturated heterocycles. The molecule has 2 aromatic heterocycles. The van der Waals surface area contributed by atoms with E-state index >= 15 is 0 Å². The summed E-state index contributed by atoms with van der Waals surface area (Å²) in [6.45, 7) is 3.70. The van der Waals surface area contributed by atoms with Gasteiger partial charge in [0, 0.05) is 84.5 Å². The second kappa shape index (κ2) is 15.1. The van der Waals surface area contributed by atoms with Crippen LogP contribution in [0.5, 0.6) is 5.75 Å². The third-order valence-electron chi connectivity index (χ3n) is 9.89. The third-order valence-corrected chi connectivity index (χ3v) is 11.2. The maximum Gasteiger partial charge on any atom is 0.354 e. The van der Waals surface area contributed by atoms with Gasteiger partial charge in [-0.05, 0) is 93.5 Å². The van der Waals surface area contributed by atoms with Gasteiger partial charge in [-0.2, -0.15) is 10.2 Å². The highest BCUT2D eigenvalue weighted by atomic mass is 35.5. The number of allylic oxidation sites excluding steroid dienone is 1. The Morgan fingerprint density at radius 3 is 2.80 bits per heavy atom. The van der Waals surface area contributed by atoms with Crippen LogP contribution < -0.4 is 10.1 Å². The summed E-state index contributed by atoms with van der Waals surface area (Å²) >= 11 is 8.76. The number of carbonyl (C=O) groups excluding carboxylic acids is 1. The molecule has 50 heavy (non-hydrogen) atoms. The molecule has 0 atom stereocenters. The minimum atomic E-state index is -0.358. The SMILES string of the molecule is COC(=O)c1c2c3ccc(Cl)c(c3n1C)/C=C1\CCCCN1/N=C/CN(C)Cc1cc(n(C)n1)CSc1cc3c(c(c1)OCCC2)NCCC3. The predicted octanol–water partition coefficient (Wildman–Crippen LogP) is 7.27. The quantitative estimate of drug-likeness (QED) is 0.206. The number of carbonyl (C=O) groups is 1. The lowest BCUT2D eigenvalue weighted by molar-refractivity contribution is 0.0589. The molecular formula is C38H46ClN7O3S. The van der Waals surface area contributed by atoms with Gasteiger partial charge < -0.3 is 19.4 Å². The summed E-state index contributed by atoms with van der Waals surface area (Å²) in [7, 11) is 7.49. The van der Waals surface area contributed by atoms with Crippen LogP contribution in [-0.4, -0.2) is 76.8 Å². The van der Waals surface area contributed by atoms with E-state index in [4.69, 9.17) is 31.3 Å². The summed E-state index contributed by atoms with van der Waals surface area (Å²) in [5.74, 6) is 1.34. The fourth-order valence-electron chi connectivity index (χ4n) is 7.38. The third kappa shape index (κ3) is 7.13. The maximum absolute atomic E-state index is 13.3. The molecule has 0 spiro atoms. The number of halogens is 1. The molecule has 1 fully saturated rings. The monoisotopic (exact) mass is 715 g/mol. The van der Waals surface area contributed by atoms with E-state index in [9.17, 15) is 4.79 Å². The van der Waals surface area contributed by atoms with Crippen molar-refractivity contribution in [1.82, 2.24) is 24.3 Å². The number of thioether (sulfide) groups is 1.